The summed E-state index contributed by atoms with van der Waals surface area (Å²) in [6, 6.07) is 7.41. The number of hydrogen-bond donors (Lipinski definition) is 1. The van der Waals surface area contributed by atoms with E-state index in [2.05, 4.69) is 0 Å². The number of furan rings is 1. The Labute approximate surface area is 95.7 Å². The lowest BCUT2D eigenvalue weighted by Gasteiger charge is -2.14. The zero-order chi connectivity index (χ0) is 11.1. The van der Waals surface area contributed by atoms with E-state index in [-0.39, 0.29) is 11.1 Å². The quantitative estimate of drug-likeness (QED) is 0.821. The van der Waals surface area contributed by atoms with Gasteiger partial charge >= 0.3 is 0 Å². The first-order valence-corrected chi connectivity index (χ1v) is 5.76. The molecule has 0 bridgehead atoms. The third kappa shape index (κ3) is 1.25. The van der Waals surface area contributed by atoms with Crippen molar-refractivity contribution in [2.45, 2.75) is 0 Å². The zero-order valence-electron chi connectivity index (χ0n) is 8.27. The summed E-state index contributed by atoms with van der Waals surface area (Å²) in [5.41, 5.74) is 1.31. The molecule has 1 aliphatic rings. The van der Waals surface area contributed by atoms with Gasteiger partial charge in [0.15, 0.2) is 10.8 Å². The molecule has 1 fully saturated rings. The summed E-state index contributed by atoms with van der Waals surface area (Å²) in [5.74, 6) is 0.259. The Morgan fingerprint density at radius 1 is 1.38 bits per heavy atom. The van der Waals surface area contributed by atoms with Crippen LogP contribution >= 0.6 is 11.8 Å². The second kappa shape index (κ2) is 3.38. The normalized spacial score (nSPS) is 16.4. The van der Waals surface area contributed by atoms with Gasteiger partial charge in [-0.3, -0.25) is 15.1 Å². The molecule has 0 spiro atoms. The number of para-hydroxylation sites is 1. The molecule has 1 aromatic heterocycles. The molecular formula is C11H8N2O2S. The van der Waals surface area contributed by atoms with Gasteiger partial charge < -0.3 is 4.42 Å². The number of fused-ring (bicyclic) bond motifs is 1. The molecule has 0 radical (unpaired) electrons. The summed E-state index contributed by atoms with van der Waals surface area (Å²) in [6.07, 6.45) is 1.59. The standard InChI is InChI=1S/C11H8N2O2S/c12-11-13(9(14)6-16-11)8-3-1-2-7-4-5-15-10(7)8/h1-5,12H,6H2. The number of amides is 1. The van der Waals surface area contributed by atoms with Gasteiger partial charge in [-0.1, -0.05) is 23.9 Å². The third-order valence-electron chi connectivity index (χ3n) is 2.48. The summed E-state index contributed by atoms with van der Waals surface area (Å²) < 4.78 is 5.36. The average Bonchev–Trinajstić information content (AvgIpc) is 2.86. The number of thioether (sulfide) groups is 1. The molecule has 3 rings (SSSR count). The van der Waals surface area contributed by atoms with E-state index in [1.54, 1.807) is 12.3 Å². The van der Waals surface area contributed by atoms with E-state index in [4.69, 9.17) is 9.83 Å². The van der Waals surface area contributed by atoms with Gasteiger partial charge in [0.05, 0.1) is 17.7 Å². The lowest BCUT2D eigenvalue weighted by molar-refractivity contribution is -0.115. The highest BCUT2D eigenvalue weighted by Gasteiger charge is 2.30. The molecule has 0 aliphatic carbocycles. The predicted octanol–water partition coefficient (Wildman–Crippen LogP) is 2.45. The molecule has 5 heteroatoms. The fourth-order valence-electron chi connectivity index (χ4n) is 1.77. The van der Waals surface area contributed by atoms with E-state index >= 15 is 0 Å². The highest BCUT2D eigenvalue weighted by Crippen LogP contribution is 2.32. The summed E-state index contributed by atoms with van der Waals surface area (Å²) in [4.78, 5) is 13.1. The van der Waals surface area contributed by atoms with Crippen LogP contribution in [-0.4, -0.2) is 16.8 Å². The third-order valence-corrected chi connectivity index (χ3v) is 3.33. The Hall–Kier alpha value is -1.75. The van der Waals surface area contributed by atoms with Crippen molar-refractivity contribution in [3.63, 3.8) is 0 Å². The van der Waals surface area contributed by atoms with Crippen molar-refractivity contribution in [2.24, 2.45) is 0 Å². The SMILES string of the molecule is N=C1SCC(=O)N1c1cccc2ccoc12. The molecule has 0 atom stereocenters. The van der Waals surface area contributed by atoms with Crippen molar-refractivity contribution >= 4 is 39.5 Å². The van der Waals surface area contributed by atoms with Crippen LogP contribution in [0.2, 0.25) is 0 Å². The number of anilines is 1. The van der Waals surface area contributed by atoms with Crippen LogP contribution in [0.25, 0.3) is 11.0 Å². The van der Waals surface area contributed by atoms with Crippen LogP contribution in [0.15, 0.2) is 34.9 Å². The average molecular weight is 232 g/mol. The van der Waals surface area contributed by atoms with Crippen LogP contribution in [0.1, 0.15) is 0 Å². The van der Waals surface area contributed by atoms with Crippen molar-refractivity contribution in [1.29, 1.82) is 5.41 Å². The molecule has 0 saturated carbocycles. The van der Waals surface area contributed by atoms with E-state index in [0.29, 0.717) is 17.0 Å². The summed E-state index contributed by atoms with van der Waals surface area (Å²) in [7, 11) is 0. The van der Waals surface area contributed by atoms with E-state index < -0.39 is 0 Å². The second-order valence-corrected chi connectivity index (χ2v) is 4.40. The molecule has 4 nitrogen and oxygen atoms in total. The highest BCUT2D eigenvalue weighted by molar-refractivity contribution is 8.15. The first kappa shape index (κ1) is 9.47. The van der Waals surface area contributed by atoms with Crippen LogP contribution in [0.4, 0.5) is 5.69 Å². The van der Waals surface area contributed by atoms with Crippen LogP contribution in [-0.2, 0) is 4.79 Å². The predicted molar refractivity (Wildman–Crippen MR) is 63.9 cm³/mol. The highest BCUT2D eigenvalue weighted by atomic mass is 32.2. The summed E-state index contributed by atoms with van der Waals surface area (Å²) in [5, 5.41) is 8.93. The Morgan fingerprint density at radius 3 is 3.00 bits per heavy atom. The Bertz CT molecular complexity index is 574. The minimum atomic E-state index is -0.0705. The number of rotatable bonds is 1. The van der Waals surface area contributed by atoms with Crippen LogP contribution in [0.3, 0.4) is 0 Å². The number of benzene rings is 1. The van der Waals surface area contributed by atoms with E-state index in [1.807, 2.05) is 18.2 Å². The maximum atomic E-state index is 11.7. The molecular weight excluding hydrogens is 224 g/mol. The number of hydrogen-bond acceptors (Lipinski definition) is 4. The number of carbonyl (C=O) groups is 1. The van der Waals surface area contributed by atoms with Crippen molar-refractivity contribution in [1.82, 2.24) is 0 Å². The van der Waals surface area contributed by atoms with Crippen LogP contribution in [0.5, 0.6) is 0 Å². The minimum Gasteiger partial charge on any atom is -0.462 e. The first-order valence-electron chi connectivity index (χ1n) is 4.78. The summed E-state index contributed by atoms with van der Waals surface area (Å²) in [6.45, 7) is 0. The Balaban J connectivity index is 2.22. The monoisotopic (exact) mass is 232 g/mol. The maximum Gasteiger partial charge on any atom is 0.243 e. The molecule has 1 N–H and O–H groups in total. The lowest BCUT2D eigenvalue weighted by atomic mass is 10.2. The van der Waals surface area contributed by atoms with E-state index in [1.165, 1.54) is 16.7 Å². The van der Waals surface area contributed by atoms with Gasteiger partial charge in [-0.2, -0.15) is 0 Å². The van der Waals surface area contributed by atoms with E-state index in [9.17, 15) is 4.79 Å². The largest absolute Gasteiger partial charge is 0.462 e. The van der Waals surface area contributed by atoms with Crippen LogP contribution in [0, 0.1) is 5.41 Å². The smallest absolute Gasteiger partial charge is 0.243 e. The molecule has 1 saturated heterocycles. The fraction of sp³-hybridized carbons (Fsp3) is 0.0909. The van der Waals surface area contributed by atoms with E-state index in [0.717, 1.165) is 5.39 Å². The van der Waals surface area contributed by atoms with Crippen molar-refractivity contribution < 1.29 is 9.21 Å². The molecule has 80 valence electrons. The topological polar surface area (TPSA) is 57.3 Å². The summed E-state index contributed by atoms with van der Waals surface area (Å²) >= 11 is 1.24. The van der Waals surface area contributed by atoms with Crippen molar-refractivity contribution in [2.75, 3.05) is 10.7 Å². The first-order chi connectivity index (χ1) is 7.77. The van der Waals surface area contributed by atoms with Crippen molar-refractivity contribution in [3.05, 3.63) is 30.5 Å². The van der Waals surface area contributed by atoms with Crippen molar-refractivity contribution in [3.8, 4) is 0 Å². The van der Waals surface area contributed by atoms with Gasteiger partial charge in [-0.15, -0.1) is 0 Å². The van der Waals surface area contributed by atoms with Gasteiger partial charge in [0.1, 0.15) is 0 Å². The van der Waals surface area contributed by atoms with Gasteiger partial charge in [0, 0.05) is 5.39 Å². The molecule has 0 unspecified atom stereocenters. The fourth-order valence-corrected chi connectivity index (χ4v) is 2.49. The van der Waals surface area contributed by atoms with Gasteiger partial charge in [-0.05, 0) is 12.1 Å². The van der Waals surface area contributed by atoms with Crippen LogP contribution < -0.4 is 4.90 Å². The Morgan fingerprint density at radius 2 is 2.25 bits per heavy atom. The molecule has 1 amide bonds. The zero-order valence-corrected chi connectivity index (χ0v) is 9.08. The van der Waals surface area contributed by atoms with Gasteiger partial charge in [0.2, 0.25) is 5.91 Å². The second-order valence-electron chi connectivity index (χ2n) is 3.44. The molecule has 16 heavy (non-hydrogen) atoms. The Kier molecular flexibility index (Phi) is 2.00. The number of nitrogens with one attached hydrogen (secondary N) is 1. The lowest BCUT2D eigenvalue weighted by Crippen LogP contribution is -2.28. The van der Waals surface area contributed by atoms with Gasteiger partial charge in [-0.25, -0.2) is 0 Å². The molecule has 2 aromatic rings. The molecule has 1 aromatic carbocycles. The number of amidine groups is 1. The molecule has 2 heterocycles. The number of carbonyl (C=O) groups excluding carboxylic acids is 1. The van der Waals surface area contributed by atoms with Gasteiger partial charge in [0.25, 0.3) is 0 Å². The maximum absolute atomic E-state index is 11.7. The molecule has 1 aliphatic heterocycles. The minimum absolute atomic E-state index is 0.0705. The number of nitrogens with zero attached hydrogens (tertiary/aromatic N) is 1.